The number of carbonyl (C=O) groups is 1. The summed E-state index contributed by atoms with van der Waals surface area (Å²) >= 11 is 0. The molecule has 1 aromatic carbocycles. The van der Waals surface area contributed by atoms with Gasteiger partial charge in [0.15, 0.2) is 9.92 Å². The molecule has 31 heavy (non-hydrogen) atoms. The Morgan fingerprint density at radius 3 is 2.61 bits per heavy atom. The summed E-state index contributed by atoms with van der Waals surface area (Å²) in [5, 5.41) is 10.3. The third-order valence-corrected chi connectivity index (χ3v) is 7.91. The summed E-state index contributed by atoms with van der Waals surface area (Å²) in [4.78, 5) is 13.0. The molecule has 3 aliphatic rings. The number of carbonyl (C=O) groups excluding carboxylic acids is 1. The summed E-state index contributed by atoms with van der Waals surface area (Å²) in [6.45, 7) is 0.976. The van der Waals surface area contributed by atoms with Gasteiger partial charge in [0.1, 0.15) is 11.5 Å². The first-order chi connectivity index (χ1) is 15.0. The van der Waals surface area contributed by atoms with Crippen molar-refractivity contribution >= 4 is 21.6 Å². The molecule has 1 aliphatic heterocycles. The third-order valence-electron chi connectivity index (χ3n) is 6.54. The van der Waals surface area contributed by atoms with Crippen molar-refractivity contribution in [3.05, 3.63) is 34.5 Å². The molecular weight excluding hydrogens is 416 g/mol. The van der Waals surface area contributed by atoms with E-state index in [1.807, 2.05) is 7.05 Å². The average Bonchev–Trinajstić information content (AvgIpc) is 3.45. The molecule has 0 spiro atoms. The molecule has 0 radical (unpaired) electrons. The van der Waals surface area contributed by atoms with Crippen molar-refractivity contribution in [2.75, 3.05) is 19.0 Å². The van der Waals surface area contributed by atoms with Crippen LogP contribution in [0.25, 0.3) is 0 Å². The number of hydrogen-bond acceptors (Lipinski definition) is 6. The predicted octanol–water partition coefficient (Wildman–Crippen LogP) is 2.37. The second-order valence-corrected chi connectivity index (χ2v) is 10.2. The van der Waals surface area contributed by atoms with Crippen LogP contribution in [0.1, 0.15) is 41.5 Å². The van der Waals surface area contributed by atoms with Crippen molar-refractivity contribution in [1.82, 2.24) is 19.8 Å². The van der Waals surface area contributed by atoms with E-state index in [1.54, 1.807) is 4.68 Å². The Kier molecular flexibility index (Phi) is 5.13. The Morgan fingerprint density at radius 2 is 1.94 bits per heavy atom. The normalized spacial score (nSPS) is 21.3. The van der Waals surface area contributed by atoms with E-state index in [2.05, 4.69) is 26.5 Å². The van der Waals surface area contributed by atoms with E-state index < -0.39 is 15.9 Å². The first-order valence-electron chi connectivity index (χ1n) is 10.9. The number of anilines is 1. The lowest BCUT2D eigenvalue weighted by atomic mass is 9.99. The molecule has 1 unspecified atom stereocenters. The van der Waals surface area contributed by atoms with Crippen LogP contribution in [0.5, 0.6) is 5.88 Å². The molecular formula is C21H28N6O3S. The second kappa shape index (κ2) is 7.83. The van der Waals surface area contributed by atoms with Crippen molar-refractivity contribution < 1.29 is 13.7 Å². The Bertz CT molecular complexity index is 1110. The third kappa shape index (κ3) is 3.67. The Balaban J connectivity index is 1.37. The van der Waals surface area contributed by atoms with Gasteiger partial charge in [0.25, 0.3) is 0 Å². The van der Waals surface area contributed by atoms with Gasteiger partial charge in [0.2, 0.25) is 5.88 Å². The van der Waals surface area contributed by atoms with Crippen molar-refractivity contribution in [2.45, 2.75) is 62.4 Å². The molecule has 0 saturated heterocycles. The quantitative estimate of drug-likeness (QED) is 0.577. The Hall–Kier alpha value is -2.59. The van der Waals surface area contributed by atoms with Gasteiger partial charge in [-0.05, 0) is 74.2 Å². The maximum atomic E-state index is 13.2. The first-order valence-corrected chi connectivity index (χ1v) is 12.4. The first kappa shape index (κ1) is 20.3. The van der Waals surface area contributed by atoms with Gasteiger partial charge in [-0.25, -0.2) is 23.2 Å². The number of nitrogens with zero attached hydrogens (tertiary/aromatic N) is 2. The molecule has 2 amide bonds. The molecule has 1 aromatic heterocycles. The fraction of sp³-hybridized carbons (Fsp3) is 0.524. The second-order valence-electron chi connectivity index (χ2n) is 8.47. The molecule has 4 N–H and O–H groups in total. The fourth-order valence-corrected chi connectivity index (χ4v) is 5.95. The lowest BCUT2D eigenvalue weighted by Crippen LogP contribution is -2.34. The number of rotatable bonds is 4. The monoisotopic (exact) mass is 444 g/mol. The minimum Gasteiger partial charge on any atom is -0.475 e. The van der Waals surface area contributed by atoms with Crippen molar-refractivity contribution in [1.29, 1.82) is 4.78 Å². The van der Waals surface area contributed by atoms with Gasteiger partial charge in [-0.3, -0.25) is 0 Å². The highest BCUT2D eigenvalue weighted by Gasteiger charge is 2.29. The van der Waals surface area contributed by atoms with Gasteiger partial charge < -0.3 is 15.4 Å². The Morgan fingerprint density at radius 1 is 1.23 bits per heavy atom. The van der Waals surface area contributed by atoms with Crippen LogP contribution in [0.4, 0.5) is 10.5 Å². The summed E-state index contributed by atoms with van der Waals surface area (Å²) in [6.07, 6.45) is 8.26. The van der Waals surface area contributed by atoms with Crippen LogP contribution in [-0.4, -0.2) is 39.7 Å². The minimum atomic E-state index is -3.64. The summed E-state index contributed by atoms with van der Waals surface area (Å²) in [5.74, 6) is 0.291. The van der Waals surface area contributed by atoms with E-state index in [9.17, 15) is 9.00 Å². The summed E-state index contributed by atoms with van der Waals surface area (Å²) in [6, 6.07) is 1.81. The summed E-state index contributed by atoms with van der Waals surface area (Å²) in [5.41, 5.74) is 5.84. The molecule has 166 valence electrons. The van der Waals surface area contributed by atoms with E-state index in [4.69, 9.17) is 9.52 Å². The van der Waals surface area contributed by atoms with E-state index in [0.29, 0.717) is 19.0 Å². The highest BCUT2D eigenvalue weighted by Crippen LogP contribution is 2.38. The topological polar surface area (TPSA) is 121 Å². The van der Waals surface area contributed by atoms with E-state index in [-0.39, 0.29) is 10.9 Å². The lowest BCUT2D eigenvalue weighted by Gasteiger charge is -2.17. The molecule has 2 atom stereocenters. The maximum absolute atomic E-state index is 13.2. The maximum Gasteiger partial charge on any atom is 0.331 e. The van der Waals surface area contributed by atoms with Crippen molar-refractivity contribution in [3.8, 4) is 5.88 Å². The van der Waals surface area contributed by atoms with Gasteiger partial charge in [-0.2, -0.15) is 5.10 Å². The molecule has 10 heteroatoms. The minimum absolute atomic E-state index is 0.0999. The molecule has 0 saturated carbocycles. The molecule has 2 heterocycles. The number of benzene rings is 1. The Labute approximate surface area is 182 Å². The molecule has 0 fully saturated rings. The zero-order chi connectivity index (χ0) is 21.6. The number of nitrogens with one attached hydrogen (secondary N) is 4. The predicted molar refractivity (Wildman–Crippen MR) is 117 cm³/mol. The number of amides is 2. The summed E-state index contributed by atoms with van der Waals surface area (Å²) < 4.78 is 31.4. The zero-order valence-corrected chi connectivity index (χ0v) is 18.4. The SMILES string of the molecule is CN[C@@H]1CCn2ncc(S(=N)(=O)NC(=O)Nc3c4c(cc5c3CCC5)CCC4)c2OC1. The van der Waals surface area contributed by atoms with Crippen LogP contribution in [0.2, 0.25) is 0 Å². The van der Waals surface area contributed by atoms with Crippen LogP contribution in [0, 0.1) is 4.78 Å². The van der Waals surface area contributed by atoms with Crippen LogP contribution >= 0.6 is 0 Å². The molecule has 2 aliphatic carbocycles. The van der Waals surface area contributed by atoms with Crippen LogP contribution in [0.15, 0.2) is 17.2 Å². The highest BCUT2D eigenvalue weighted by atomic mass is 32.2. The number of aromatic nitrogens is 2. The van der Waals surface area contributed by atoms with Gasteiger partial charge in [-0.1, -0.05) is 6.07 Å². The number of aryl methyl sites for hydroxylation is 3. The van der Waals surface area contributed by atoms with Gasteiger partial charge >= 0.3 is 6.03 Å². The molecule has 2 aromatic rings. The highest BCUT2D eigenvalue weighted by molar-refractivity contribution is 7.91. The zero-order valence-electron chi connectivity index (χ0n) is 17.6. The fourth-order valence-electron chi connectivity index (χ4n) is 4.92. The average molecular weight is 445 g/mol. The number of likely N-dealkylation sites (N-methyl/N-ethyl adjacent to an activating group) is 1. The molecule has 9 nitrogen and oxygen atoms in total. The van der Waals surface area contributed by atoms with Crippen molar-refractivity contribution in [3.63, 3.8) is 0 Å². The van der Waals surface area contributed by atoms with Crippen molar-refractivity contribution in [2.24, 2.45) is 0 Å². The number of ether oxygens (including phenoxy) is 1. The standard InChI is InChI=1S/C21H28N6O3S/c1-23-15-8-9-27-20(30-12-15)18(11-24-27)31(22,29)26-21(28)25-19-16-6-2-4-13(16)10-14-5-3-7-17(14)19/h10-11,15,23H,2-9,12H2,1H3,(H3,22,25,26,28,29)/t15-,31?/m1/s1. The van der Waals surface area contributed by atoms with Crippen LogP contribution < -0.4 is 20.1 Å². The van der Waals surface area contributed by atoms with Gasteiger partial charge in [-0.15, -0.1) is 0 Å². The number of urea groups is 1. The molecule has 0 bridgehead atoms. The van der Waals surface area contributed by atoms with E-state index in [0.717, 1.165) is 50.6 Å². The summed E-state index contributed by atoms with van der Waals surface area (Å²) in [7, 11) is -1.78. The lowest BCUT2D eigenvalue weighted by molar-refractivity contribution is 0.256. The number of hydrogen-bond donors (Lipinski definition) is 4. The van der Waals surface area contributed by atoms with Gasteiger partial charge in [0, 0.05) is 18.3 Å². The van der Waals surface area contributed by atoms with Crippen LogP contribution in [0.3, 0.4) is 0 Å². The van der Waals surface area contributed by atoms with E-state index >= 15 is 0 Å². The smallest absolute Gasteiger partial charge is 0.331 e. The van der Waals surface area contributed by atoms with E-state index in [1.165, 1.54) is 28.5 Å². The van der Waals surface area contributed by atoms with Crippen LogP contribution in [-0.2, 0) is 42.1 Å². The molecule has 5 rings (SSSR count). The number of fused-ring (bicyclic) bond motifs is 3. The largest absolute Gasteiger partial charge is 0.475 e. The van der Waals surface area contributed by atoms with Gasteiger partial charge in [0.05, 0.1) is 6.20 Å².